The fraction of sp³-hybridized carbons (Fsp3) is 0.263. The summed E-state index contributed by atoms with van der Waals surface area (Å²) in [7, 11) is 0. The molecule has 1 N–H and O–H groups in total. The molecule has 24 heavy (non-hydrogen) atoms. The average Bonchev–Trinajstić information content (AvgIpc) is 2.99. The average molecular weight is 326 g/mol. The first-order valence-electron chi connectivity index (χ1n) is 7.93. The number of benzene rings is 2. The number of carbonyl (C=O) groups is 1. The van der Waals surface area contributed by atoms with E-state index in [0.29, 0.717) is 6.54 Å². The maximum Gasteiger partial charge on any atom is 0.223 e. The number of rotatable bonds is 4. The number of amides is 1. The van der Waals surface area contributed by atoms with Crippen molar-refractivity contribution in [3.63, 3.8) is 0 Å². The lowest BCUT2D eigenvalue weighted by atomic mass is 9.95. The minimum absolute atomic E-state index is 0.0196. The highest BCUT2D eigenvalue weighted by Crippen LogP contribution is 2.30. The van der Waals surface area contributed by atoms with E-state index >= 15 is 0 Å². The number of likely N-dealkylation sites (tertiary alicyclic amines) is 1. The van der Waals surface area contributed by atoms with E-state index in [1.54, 1.807) is 23.1 Å². The second kappa shape index (κ2) is 6.83. The van der Waals surface area contributed by atoms with Crippen LogP contribution in [-0.2, 0) is 4.79 Å². The zero-order valence-corrected chi connectivity index (χ0v) is 13.4. The summed E-state index contributed by atoms with van der Waals surface area (Å²) in [6.07, 6.45) is 0.213. The maximum atomic E-state index is 14.0. The van der Waals surface area contributed by atoms with Crippen LogP contribution in [0.1, 0.15) is 30.5 Å². The van der Waals surface area contributed by atoms with Crippen LogP contribution in [0.2, 0.25) is 0 Å². The Bertz CT molecular complexity index is 761. The Labute approximate surface area is 140 Å². The number of oxime groups is 1. The van der Waals surface area contributed by atoms with E-state index in [1.165, 1.54) is 6.07 Å². The molecule has 5 heteroatoms. The predicted octanol–water partition coefficient (Wildman–Crippen LogP) is 3.61. The SMILES string of the molecule is C[C@@H](c1ccccc1)N1CC(C(=NO)c2ccccc2F)CC1=O. The Kier molecular flexibility index (Phi) is 4.60. The maximum absolute atomic E-state index is 14.0. The van der Waals surface area contributed by atoms with Gasteiger partial charge in [-0.15, -0.1) is 0 Å². The van der Waals surface area contributed by atoms with E-state index in [-0.39, 0.29) is 35.6 Å². The van der Waals surface area contributed by atoms with Gasteiger partial charge in [0, 0.05) is 24.4 Å². The molecule has 0 aromatic heterocycles. The number of halogens is 1. The Morgan fingerprint density at radius 3 is 2.54 bits per heavy atom. The molecule has 0 radical (unpaired) electrons. The molecular weight excluding hydrogens is 307 g/mol. The largest absolute Gasteiger partial charge is 0.411 e. The molecule has 1 fully saturated rings. The first-order chi connectivity index (χ1) is 11.6. The second-order valence-electron chi connectivity index (χ2n) is 6.00. The van der Waals surface area contributed by atoms with Crippen LogP contribution in [0.5, 0.6) is 0 Å². The lowest BCUT2D eigenvalue weighted by molar-refractivity contribution is -0.129. The third-order valence-corrected chi connectivity index (χ3v) is 4.55. The van der Waals surface area contributed by atoms with E-state index in [1.807, 2.05) is 37.3 Å². The van der Waals surface area contributed by atoms with Gasteiger partial charge in [0.2, 0.25) is 5.91 Å². The Morgan fingerprint density at radius 2 is 1.88 bits per heavy atom. The molecule has 1 aliphatic rings. The van der Waals surface area contributed by atoms with Crippen LogP contribution in [0, 0.1) is 11.7 Å². The summed E-state index contributed by atoms with van der Waals surface area (Å²) in [6, 6.07) is 15.8. The standard InChI is InChI=1S/C19H19FN2O2/c1-13(14-7-3-2-4-8-14)22-12-15(11-18(22)23)19(21-24)16-9-5-6-10-17(16)20/h2-10,13,15,24H,11-12H2,1H3/t13-,15?/m0/s1. The van der Waals surface area contributed by atoms with Gasteiger partial charge < -0.3 is 10.1 Å². The van der Waals surface area contributed by atoms with Gasteiger partial charge in [0.25, 0.3) is 0 Å². The molecule has 0 spiro atoms. The third-order valence-electron chi connectivity index (χ3n) is 4.55. The topological polar surface area (TPSA) is 52.9 Å². The van der Waals surface area contributed by atoms with Gasteiger partial charge in [-0.2, -0.15) is 0 Å². The summed E-state index contributed by atoms with van der Waals surface area (Å²) in [4.78, 5) is 14.2. The van der Waals surface area contributed by atoms with Crippen molar-refractivity contribution in [2.24, 2.45) is 11.1 Å². The van der Waals surface area contributed by atoms with Crippen LogP contribution in [0.3, 0.4) is 0 Å². The summed E-state index contributed by atoms with van der Waals surface area (Å²) >= 11 is 0. The number of nitrogens with zero attached hydrogens (tertiary/aromatic N) is 2. The van der Waals surface area contributed by atoms with E-state index in [4.69, 9.17) is 0 Å². The predicted molar refractivity (Wildman–Crippen MR) is 89.4 cm³/mol. The summed E-state index contributed by atoms with van der Waals surface area (Å²) in [5.41, 5.74) is 1.51. The van der Waals surface area contributed by atoms with Gasteiger partial charge in [-0.3, -0.25) is 4.79 Å². The molecule has 0 aliphatic carbocycles. The molecule has 1 saturated heterocycles. The summed E-state index contributed by atoms with van der Waals surface area (Å²) in [6.45, 7) is 2.37. The molecule has 0 bridgehead atoms. The van der Waals surface area contributed by atoms with Gasteiger partial charge in [-0.05, 0) is 18.6 Å². The van der Waals surface area contributed by atoms with Crippen molar-refractivity contribution >= 4 is 11.6 Å². The molecule has 2 atom stereocenters. The van der Waals surface area contributed by atoms with Gasteiger partial charge in [-0.1, -0.05) is 53.7 Å². The molecule has 3 rings (SSSR count). The number of carbonyl (C=O) groups excluding carboxylic acids is 1. The lowest BCUT2D eigenvalue weighted by Gasteiger charge is -2.25. The number of hydrogen-bond donors (Lipinski definition) is 1. The molecule has 4 nitrogen and oxygen atoms in total. The molecule has 0 saturated carbocycles. The van der Waals surface area contributed by atoms with Gasteiger partial charge in [-0.25, -0.2) is 4.39 Å². The quantitative estimate of drug-likeness (QED) is 0.530. The van der Waals surface area contributed by atoms with Crippen LogP contribution in [0.25, 0.3) is 0 Å². The van der Waals surface area contributed by atoms with Crippen LogP contribution < -0.4 is 0 Å². The summed E-state index contributed by atoms with van der Waals surface area (Å²) in [5, 5.41) is 12.7. The highest BCUT2D eigenvalue weighted by molar-refractivity contribution is 6.05. The normalized spacial score (nSPS) is 19.6. The van der Waals surface area contributed by atoms with E-state index in [9.17, 15) is 14.4 Å². The van der Waals surface area contributed by atoms with Crippen molar-refractivity contribution in [1.29, 1.82) is 0 Å². The van der Waals surface area contributed by atoms with Crippen LogP contribution in [0.15, 0.2) is 59.8 Å². The Hall–Kier alpha value is -2.69. The minimum atomic E-state index is -0.452. The second-order valence-corrected chi connectivity index (χ2v) is 6.00. The van der Waals surface area contributed by atoms with Crippen LogP contribution in [0.4, 0.5) is 4.39 Å². The van der Waals surface area contributed by atoms with Crippen molar-refractivity contribution in [3.05, 3.63) is 71.5 Å². The minimum Gasteiger partial charge on any atom is -0.411 e. The van der Waals surface area contributed by atoms with Crippen LogP contribution in [-0.4, -0.2) is 28.3 Å². The fourth-order valence-corrected chi connectivity index (χ4v) is 3.22. The molecule has 1 amide bonds. The van der Waals surface area contributed by atoms with Crippen molar-refractivity contribution in [2.75, 3.05) is 6.54 Å². The van der Waals surface area contributed by atoms with Gasteiger partial charge >= 0.3 is 0 Å². The van der Waals surface area contributed by atoms with Gasteiger partial charge in [0.15, 0.2) is 0 Å². The van der Waals surface area contributed by atoms with Gasteiger partial charge in [0.1, 0.15) is 5.82 Å². The molecule has 1 heterocycles. The number of hydrogen-bond acceptors (Lipinski definition) is 3. The first-order valence-corrected chi connectivity index (χ1v) is 7.93. The Balaban J connectivity index is 1.83. The lowest BCUT2D eigenvalue weighted by Crippen LogP contribution is -2.29. The highest BCUT2D eigenvalue weighted by atomic mass is 19.1. The van der Waals surface area contributed by atoms with E-state index < -0.39 is 5.82 Å². The molecule has 2 aromatic carbocycles. The highest BCUT2D eigenvalue weighted by Gasteiger charge is 2.37. The zero-order valence-electron chi connectivity index (χ0n) is 13.4. The Morgan fingerprint density at radius 1 is 1.21 bits per heavy atom. The van der Waals surface area contributed by atoms with Crippen LogP contribution >= 0.6 is 0 Å². The van der Waals surface area contributed by atoms with E-state index in [0.717, 1.165) is 5.56 Å². The molecule has 2 aromatic rings. The summed E-state index contributed by atoms with van der Waals surface area (Å²) < 4.78 is 14.0. The molecular formula is C19H19FN2O2. The summed E-state index contributed by atoms with van der Waals surface area (Å²) in [5.74, 6) is -0.799. The fourth-order valence-electron chi connectivity index (χ4n) is 3.22. The monoisotopic (exact) mass is 326 g/mol. The molecule has 1 aliphatic heterocycles. The van der Waals surface area contributed by atoms with Crippen molar-refractivity contribution in [1.82, 2.24) is 4.90 Å². The molecule has 1 unspecified atom stereocenters. The van der Waals surface area contributed by atoms with Crippen molar-refractivity contribution in [2.45, 2.75) is 19.4 Å². The first kappa shape index (κ1) is 16.2. The zero-order chi connectivity index (χ0) is 17.1. The van der Waals surface area contributed by atoms with Gasteiger partial charge in [0.05, 0.1) is 11.8 Å². The van der Waals surface area contributed by atoms with Crippen molar-refractivity contribution in [3.8, 4) is 0 Å². The molecule has 124 valence electrons. The third kappa shape index (κ3) is 3.02. The van der Waals surface area contributed by atoms with Crippen molar-refractivity contribution < 1.29 is 14.4 Å². The van der Waals surface area contributed by atoms with E-state index in [2.05, 4.69) is 5.16 Å². The smallest absolute Gasteiger partial charge is 0.223 e.